The van der Waals surface area contributed by atoms with Crippen molar-refractivity contribution in [3.05, 3.63) is 58.6 Å². The van der Waals surface area contributed by atoms with Gasteiger partial charge in [0.05, 0.1) is 5.02 Å². The third-order valence-corrected chi connectivity index (χ3v) is 4.39. The minimum absolute atomic E-state index is 0.0131. The molecule has 1 unspecified atom stereocenters. The van der Waals surface area contributed by atoms with Gasteiger partial charge in [0, 0.05) is 18.5 Å². The van der Waals surface area contributed by atoms with E-state index in [1.54, 1.807) is 24.3 Å². The van der Waals surface area contributed by atoms with Crippen LogP contribution in [-0.4, -0.2) is 23.8 Å². The first-order valence-electron chi connectivity index (χ1n) is 9.13. The highest BCUT2D eigenvalue weighted by molar-refractivity contribution is 6.32. The highest BCUT2D eigenvalue weighted by Gasteiger charge is 2.17. The summed E-state index contributed by atoms with van der Waals surface area (Å²) in [5.74, 6) is -0.945. The van der Waals surface area contributed by atoms with E-state index >= 15 is 0 Å². The number of hydrogen-bond acceptors (Lipinski definition) is 4. The molecule has 0 bridgehead atoms. The molecule has 0 heterocycles. The molecule has 2 aromatic carbocycles. The number of halogens is 1. The number of aryl methyl sites for hydroxylation is 2. The lowest BCUT2D eigenvalue weighted by molar-refractivity contribution is -0.133. The van der Waals surface area contributed by atoms with E-state index in [4.69, 9.17) is 16.3 Å². The molecule has 29 heavy (non-hydrogen) atoms. The molecule has 0 radical (unpaired) electrons. The summed E-state index contributed by atoms with van der Waals surface area (Å²) in [6.07, 6.45) is -0.958. The average molecular weight is 418 g/mol. The Morgan fingerprint density at radius 3 is 2.41 bits per heavy atom. The first-order chi connectivity index (χ1) is 13.8. The molecule has 3 N–H and O–H groups in total. The Morgan fingerprint density at radius 1 is 1.00 bits per heavy atom. The average Bonchev–Trinajstić information content (AvgIpc) is 2.69. The Morgan fingerprint density at radius 2 is 1.69 bits per heavy atom. The van der Waals surface area contributed by atoms with Crippen molar-refractivity contribution in [1.82, 2.24) is 10.9 Å². The lowest BCUT2D eigenvalue weighted by Crippen LogP contribution is -2.47. The SMILES string of the molecule is Cc1ccc(C)c(NC(=O)CCC(=O)NNC(=O)C(C)Oc2ccccc2Cl)c1. The number of carbonyl (C=O) groups excluding carboxylic acids is 3. The van der Waals surface area contributed by atoms with Crippen LogP contribution in [0.25, 0.3) is 0 Å². The second kappa shape index (κ2) is 10.5. The van der Waals surface area contributed by atoms with Crippen LogP contribution in [0, 0.1) is 13.8 Å². The minimum atomic E-state index is -0.872. The summed E-state index contributed by atoms with van der Waals surface area (Å²) in [6, 6.07) is 12.5. The Labute approximate surface area is 174 Å². The maximum absolute atomic E-state index is 12.1. The second-order valence-corrected chi connectivity index (χ2v) is 7.00. The zero-order valence-electron chi connectivity index (χ0n) is 16.5. The summed E-state index contributed by atoms with van der Waals surface area (Å²) in [7, 11) is 0. The monoisotopic (exact) mass is 417 g/mol. The molecule has 0 aliphatic carbocycles. The Balaban J connectivity index is 1.73. The van der Waals surface area contributed by atoms with Gasteiger partial charge < -0.3 is 10.1 Å². The molecule has 0 aliphatic heterocycles. The number of hydrazine groups is 1. The van der Waals surface area contributed by atoms with Gasteiger partial charge in [0.15, 0.2) is 6.10 Å². The highest BCUT2D eigenvalue weighted by atomic mass is 35.5. The van der Waals surface area contributed by atoms with Gasteiger partial charge in [-0.15, -0.1) is 0 Å². The van der Waals surface area contributed by atoms with E-state index < -0.39 is 17.9 Å². The molecule has 0 aliphatic rings. The van der Waals surface area contributed by atoms with E-state index in [1.807, 2.05) is 32.0 Å². The predicted molar refractivity (Wildman–Crippen MR) is 112 cm³/mol. The third kappa shape index (κ3) is 7.12. The van der Waals surface area contributed by atoms with Gasteiger partial charge in [-0.2, -0.15) is 0 Å². The molecule has 3 amide bonds. The van der Waals surface area contributed by atoms with Gasteiger partial charge in [-0.25, -0.2) is 0 Å². The molecule has 0 aromatic heterocycles. The summed E-state index contributed by atoms with van der Waals surface area (Å²) in [6.45, 7) is 5.35. The lowest BCUT2D eigenvalue weighted by Gasteiger charge is -2.16. The topological polar surface area (TPSA) is 96.5 Å². The number of benzene rings is 2. The fraction of sp³-hybridized carbons (Fsp3) is 0.286. The Kier molecular flexibility index (Phi) is 8.03. The van der Waals surface area contributed by atoms with E-state index in [-0.39, 0.29) is 18.7 Å². The molecular weight excluding hydrogens is 394 g/mol. The molecule has 154 valence electrons. The molecule has 0 saturated heterocycles. The fourth-order valence-electron chi connectivity index (χ4n) is 2.39. The number of nitrogens with one attached hydrogen (secondary N) is 3. The second-order valence-electron chi connectivity index (χ2n) is 6.59. The van der Waals surface area contributed by atoms with Gasteiger partial charge in [-0.3, -0.25) is 25.2 Å². The molecule has 0 fully saturated rings. The number of ether oxygens (including phenoxy) is 1. The number of hydrogen-bond donors (Lipinski definition) is 3. The first-order valence-corrected chi connectivity index (χ1v) is 9.51. The van der Waals surface area contributed by atoms with Crippen LogP contribution >= 0.6 is 11.6 Å². The molecule has 2 rings (SSSR count). The van der Waals surface area contributed by atoms with Crippen molar-refractivity contribution >= 4 is 35.0 Å². The van der Waals surface area contributed by atoms with Crippen LogP contribution in [0.3, 0.4) is 0 Å². The van der Waals surface area contributed by atoms with Gasteiger partial charge in [0.1, 0.15) is 5.75 Å². The van der Waals surface area contributed by atoms with Gasteiger partial charge in [0.2, 0.25) is 11.8 Å². The summed E-state index contributed by atoms with van der Waals surface area (Å²) in [5.41, 5.74) is 7.23. The Bertz CT molecular complexity index is 901. The summed E-state index contributed by atoms with van der Waals surface area (Å²) in [4.78, 5) is 36.0. The summed E-state index contributed by atoms with van der Waals surface area (Å²) < 4.78 is 5.47. The summed E-state index contributed by atoms with van der Waals surface area (Å²) >= 11 is 5.98. The van der Waals surface area contributed by atoms with E-state index in [0.29, 0.717) is 16.5 Å². The molecule has 7 nitrogen and oxygen atoms in total. The standard InChI is InChI=1S/C21H24ClN3O4/c1-13-8-9-14(2)17(12-13)23-19(26)10-11-20(27)24-25-21(28)15(3)29-18-7-5-4-6-16(18)22/h4-9,12,15H,10-11H2,1-3H3,(H,23,26)(H,24,27)(H,25,28). The lowest BCUT2D eigenvalue weighted by atomic mass is 10.1. The largest absolute Gasteiger partial charge is 0.479 e. The van der Waals surface area contributed by atoms with E-state index in [2.05, 4.69) is 16.2 Å². The van der Waals surface area contributed by atoms with Crippen LogP contribution in [0.2, 0.25) is 5.02 Å². The summed E-state index contributed by atoms with van der Waals surface area (Å²) in [5, 5.41) is 3.16. The van der Waals surface area contributed by atoms with Crippen LogP contribution in [0.5, 0.6) is 5.75 Å². The predicted octanol–water partition coefficient (Wildman–Crippen LogP) is 3.29. The van der Waals surface area contributed by atoms with Crippen LogP contribution in [0.1, 0.15) is 30.9 Å². The van der Waals surface area contributed by atoms with Gasteiger partial charge in [-0.05, 0) is 50.1 Å². The van der Waals surface area contributed by atoms with Crippen molar-refractivity contribution in [3.63, 3.8) is 0 Å². The van der Waals surface area contributed by atoms with Crippen LogP contribution in [-0.2, 0) is 14.4 Å². The van der Waals surface area contributed by atoms with Crippen molar-refractivity contribution in [3.8, 4) is 5.75 Å². The van der Waals surface area contributed by atoms with Gasteiger partial charge in [-0.1, -0.05) is 35.9 Å². The number of carbonyl (C=O) groups is 3. The molecular formula is C21H24ClN3O4. The molecule has 1 atom stereocenters. The van der Waals surface area contributed by atoms with Crippen LogP contribution in [0.15, 0.2) is 42.5 Å². The smallest absolute Gasteiger partial charge is 0.279 e. The first kappa shape index (κ1) is 22.2. The van der Waals surface area contributed by atoms with Crippen molar-refractivity contribution in [2.45, 2.75) is 39.7 Å². The zero-order valence-corrected chi connectivity index (χ0v) is 17.3. The van der Waals surface area contributed by atoms with Crippen molar-refractivity contribution in [2.24, 2.45) is 0 Å². The number of amides is 3. The molecule has 8 heteroatoms. The Hall–Kier alpha value is -3.06. The van der Waals surface area contributed by atoms with Crippen LogP contribution < -0.4 is 20.9 Å². The number of para-hydroxylation sites is 1. The normalized spacial score (nSPS) is 11.3. The maximum Gasteiger partial charge on any atom is 0.279 e. The van der Waals surface area contributed by atoms with Gasteiger partial charge in [0.25, 0.3) is 5.91 Å². The number of anilines is 1. The van der Waals surface area contributed by atoms with Gasteiger partial charge >= 0.3 is 0 Å². The third-order valence-electron chi connectivity index (χ3n) is 4.08. The fourth-order valence-corrected chi connectivity index (χ4v) is 2.57. The highest BCUT2D eigenvalue weighted by Crippen LogP contribution is 2.24. The van der Waals surface area contributed by atoms with E-state index in [1.165, 1.54) is 6.92 Å². The number of rotatable bonds is 7. The molecule has 2 aromatic rings. The van der Waals surface area contributed by atoms with Crippen molar-refractivity contribution in [1.29, 1.82) is 0 Å². The molecule has 0 spiro atoms. The maximum atomic E-state index is 12.1. The van der Waals surface area contributed by atoms with E-state index in [0.717, 1.165) is 11.1 Å². The van der Waals surface area contributed by atoms with Crippen molar-refractivity contribution in [2.75, 3.05) is 5.32 Å². The quantitative estimate of drug-likeness (QED) is 0.602. The van der Waals surface area contributed by atoms with Crippen LogP contribution in [0.4, 0.5) is 5.69 Å². The molecule has 0 saturated carbocycles. The van der Waals surface area contributed by atoms with Crippen molar-refractivity contribution < 1.29 is 19.1 Å². The minimum Gasteiger partial charge on any atom is -0.479 e. The zero-order chi connectivity index (χ0) is 21.4. The van der Waals surface area contributed by atoms with E-state index in [9.17, 15) is 14.4 Å².